The van der Waals surface area contributed by atoms with E-state index in [1.54, 1.807) is 11.0 Å². The summed E-state index contributed by atoms with van der Waals surface area (Å²) in [6.45, 7) is 6.73. The summed E-state index contributed by atoms with van der Waals surface area (Å²) in [4.78, 5) is 15.0. The van der Waals surface area contributed by atoms with Crippen molar-refractivity contribution in [2.24, 2.45) is 5.73 Å². The van der Waals surface area contributed by atoms with Gasteiger partial charge in [-0.25, -0.2) is 9.18 Å². The van der Waals surface area contributed by atoms with Gasteiger partial charge >= 0.3 is 6.03 Å². The van der Waals surface area contributed by atoms with E-state index in [-0.39, 0.29) is 5.82 Å². The van der Waals surface area contributed by atoms with Crippen LogP contribution in [0.5, 0.6) is 5.75 Å². The van der Waals surface area contributed by atoms with E-state index >= 15 is 0 Å². The first-order valence-electron chi connectivity index (χ1n) is 6.55. The van der Waals surface area contributed by atoms with E-state index in [1.807, 2.05) is 25.7 Å². The standard InChI is InChI=1S/C14H18FN3O2/c1-13(2)14(3)7-17(12(16)19)8-18(14)10-6-9(15)4-5-11(10)20-13/h4-6H,7-8H2,1-3H3,(H2,16,19). The van der Waals surface area contributed by atoms with Gasteiger partial charge in [-0.3, -0.25) is 0 Å². The maximum absolute atomic E-state index is 13.5. The maximum Gasteiger partial charge on any atom is 0.316 e. The lowest BCUT2D eigenvalue weighted by Crippen LogP contribution is -2.64. The van der Waals surface area contributed by atoms with Crippen LogP contribution in [-0.4, -0.2) is 35.3 Å². The summed E-state index contributed by atoms with van der Waals surface area (Å²) in [7, 11) is 0. The Hall–Kier alpha value is -1.98. The predicted octanol–water partition coefficient (Wildman–Crippen LogP) is 1.91. The maximum atomic E-state index is 13.5. The Morgan fingerprint density at radius 1 is 1.40 bits per heavy atom. The van der Waals surface area contributed by atoms with Crippen molar-refractivity contribution in [2.75, 3.05) is 18.1 Å². The lowest BCUT2D eigenvalue weighted by Gasteiger charge is -2.51. The number of urea groups is 1. The van der Waals surface area contributed by atoms with E-state index in [2.05, 4.69) is 0 Å². The largest absolute Gasteiger partial charge is 0.483 e. The molecule has 20 heavy (non-hydrogen) atoms. The van der Waals surface area contributed by atoms with Crippen molar-refractivity contribution in [3.8, 4) is 5.75 Å². The normalized spacial score (nSPS) is 26.8. The van der Waals surface area contributed by atoms with Gasteiger partial charge in [-0.15, -0.1) is 0 Å². The van der Waals surface area contributed by atoms with Gasteiger partial charge in [-0.05, 0) is 32.9 Å². The molecule has 6 heteroatoms. The highest BCUT2D eigenvalue weighted by Gasteiger charge is 2.57. The van der Waals surface area contributed by atoms with Crippen molar-refractivity contribution in [3.05, 3.63) is 24.0 Å². The van der Waals surface area contributed by atoms with E-state index in [1.165, 1.54) is 12.1 Å². The summed E-state index contributed by atoms with van der Waals surface area (Å²) >= 11 is 0. The molecule has 5 nitrogen and oxygen atoms in total. The number of rotatable bonds is 0. The van der Waals surface area contributed by atoms with Crippen molar-refractivity contribution in [2.45, 2.75) is 31.9 Å². The topological polar surface area (TPSA) is 58.8 Å². The molecule has 2 amide bonds. The highest BCUT2D eigenvalue weighted by molar-refractivity contribution is 5.75. The SMILES string of the molecule is CC1(C)Oc2ccc(F)cc2N2CN(C(N)=O)CC21C. The third-order valence-electron chi connectivity index (χ3n) is 4.59. The number of hydrogen-bond acceptors (Lipinski definition) is 3. The Bertz CT molecular complexity index is 590. The molecule has 1 unspecified atom stereocenters. The monoisotopic (exact) mass is 279 g/mol. The molecule has 1 fully saturated rings. The van der Waals surface area contributed by atoms with Crippen LogP contribution in [-0.2, 0) is 0 Å². The quantitative estimate of drug-likeness (QED) is 0.789. The average molecular weight is 279 g/mol. The number of nitrogens with two attached hydrogens (primary N) is 1. The van der Waals surface area contributed by atoms with Gasteiger partial charge in [0.2, 0.25) is 0 Å². The van der Waals surface area contributed by atoms with Crippen molar-refractivity contribution in [1.82, 2.24) is 4.90 Å². The van der Waals surface area contributed by atoms with Gasteiger partial charge in [-0.1, -0.05) is 0 Å². The Morgan fingerprint density at radius 3 is 2.75 bits per heavy atom. The molecule has 2 N–H and O–H groups in total. The summed E-state index contributed by atoms with van der Waals surface area (Å²) in [5.74, 6) is 0.298. The molecule has 108 valence electrons. The van der Waals surface area contributed by atoms with Crippen LogP contribution in [0.2, 0.25) is 0 Å². The highest BCUT2D eigenvalue weighted by atomic mass is 19.1. The van der Waals surface area contributed by atoms with Crippen LogP contribution in [0.4, 0.5) is 14.9 Å². The molecule has 2 aliphatic heterocycles. The smallest absolute Gasteiger partial charge is 0.316 e. The fourth-order valence-corrected chi connectivity index (χ4v) is 3.01. The average Bonchev–Trinajstić information content (AvgIpc) is 2.71. The number of hydrogen-bond donors (Lipinski definition) is 1. The van der Waals surface area contributed by atoms with Gasteiger partial charge in [0.05, 0.1) is 24.4 Å². The highest BCUT2D eigenvalue weighted by Crippen LogP contribution is 2.48. The molecular formula is C14H18FN3O2. The fraction of sp³-hybridized carbons (Fsp3) is 0.500. The van der Waals surface area contributed by atoms with Gasteiger partial charge in [-0.2, -0.15) is 0 Å². The summed E-state index contributed by atoms with van der Waals surface area (Å²) < 4.78 is 19.6. The second-order valence-electron chi connectivity index (χ2n) is 6.10. The molecule has 0 bridgehead atoms. The van der Waals surface area contributed by atoms with Gasteiger partial charge in [0.15, 0.2) is 0 Å². The minimum absolute atomic E-state index is 0.327. The molecule has 1 aromatic rings. The molecule has 1 aromatic carbocycles. The van der Waals surface area contributed by atoms with Gasteiger partial charge < -0.3 is 20.3 Å². The molecular weight excluding hydrogens is 261 g/mol. The number of amides is 2. The molecule has 0 saturated carbocycles. The van der Waals surface area contributed by atoms with Crippen LogP contribution in [0.3, 0.4) is 0 Å². The molecule has 0 spiro atoms. The zero-order valence-electron chi connectivity index (χ0n) is 11.8. The van der Waals surface area contributed by atoms with E-state index < -0.39 is 17.2 Å². The predicted molar refractivity (Wildman–Crippen MR) is 73.1 cm³/mol. The second kappa shape index (κ2) is 3.77. The van der Waals surface area contributed by atoms with E-state index in [9.17, 15) is 9.18 Å². The molecule has 0 radical (unpaired) electrons. The fourth-order valence-electron chi connectivity index (χ4n) is 3.01. The third kappa shape index (κ3) is 1.57. The molecule has 0 aliphatic carbocycles. The summed E-state index contributed by atoms with van der Waals surface area (Å²) in [5.41, 5.74) is 5.08. The molecule has 1 saturated heterocycles. The van der Waals surface area contributed by atoms with Crippen LogP contribution < -0.4 is 15.4 Å². The molecule has 0 aromatic heterocycles. The number of benzene rings is 1. The van der Waals surface area contributed by atoms with Crippen molar-refractivity contribution in [3.63, 3.8) is 0 Å². The lowest BCUT2D eigenvalue weighted by atomic mass is 9.81. The number of fused-ring (bicyclic) bond motifs is 3. The van der Waals surface area contributed by atoms with Gasteiger partial charge in [0, 0.05) is 6.07 Å². The minimum Gasteiger partial charge on any atom is -0.483 e. The zero-order valence-corrected chi connectivity index (χ0v) is 11.8. The number of anilines is 1. The van der Waals surface area contributed by atoms with Gasteiger partial charge in [0.1, 0.15) is 17.2 Å². The van der Waals surface area contributed by atoms with E-state index in [0.29, 0.717) is 24.7 Å². The number of ether oxygens (including phenoxy) is 1. The Kier molecular flexibility index (Phi) is 2.46. The van der Waals surface area contributed by atoms with Crippen LogP contribution in [0.25, 0.3) is 0 Å². The summed E-state index contributed by atoms with van der Waals surface area (Å²) in [6, 6.07) is 3.96. The lowest BCUT2D eigenvalue weighted by molar-refractivity contribution is 0.0242. The summed E-state index contributed by atoms with van der Waals surface area (Å²) in [6.07, 6.45) is 0. The molecule has 2 heterocycles. The Morgan fingerprint density at radius 2 is 2.10 bits per heavy atom. The van der Waals surface area contributed by atoms with Crippen LogP contribution in [0, 0.1) is 5.82 Å². The number of nitrogens with zero attached hydrogens (tertiary/aromatic N) is 2. The summed E-state index contributed by atoms with van der Waals surface area (Å²) in [5, 5.41) is 0. The first kappa shape index (κ1) is 13.0. The molecule has 1 atom stereocenters. The first-order valence-corrected chi connectivity index (χ1v) is 6.55. The number of carbonyl (C=O) groups excluding carboxylic acids is 1. The van der Waals surface area contributed by atoms with Crippen LogP contribution >= 0.6 is 0 Å². The number of halogens is 1. The number of primary amides is 1. The van der Waals surface area contributed by atoms with E-state index in [4.69, 9.17) is 10.5 Å². The van der Waals surface area contributed by atoms with Gasteiger partial charge in [0.25, 0.3) is 0 Å². The van der Waals surface area contributed by atoms with Crippen molar-refractivity contribution >= 4 is 11.7 Å². The Balaban J connectivity index is 2.14. The van der Waals surface area contributed by atoms with Crippen LogP contribution in [0.15, 0.2) is 18.2 Å². The molecule has 3 rings (SSSR count). The van der Waals surface area contributed by atoms with Crippen molar-refractivity contribution < 1.29 is 13.9 Å². The Labute approximate surface area is 117 Å². The second-order valence-corrected chi connectivity index (χ2v) is 6.10. The van der Waals surface area contributed by atoms with Crippen LogP contribution in [0.1, 0.15) is 20.8 Å². The molecule has 2 aliphatic rings. The first-order chi connectivity index (χ1) is 9.24. The number of carbonyl (C=O) groups is 1. The van der Waals surface area contributed by atoms with Crippen molar-refractivity contribution in [1.29, 1.82) is 0 Å². The van der Waals surface area contributed by atoms with E-state index in [0.717, 1.165) is 0 Å². The third-order valence-corrected chi connectivity index (χ3v) is 4.59. The minimum atomic E-state index is -0.526. The zero-order chi connectivity index (χ0) is 14.7.